The van der Waals surface area contributed by atoms with Gasteiger partial charge in [-0.25, -0.2) is 4.68 Å². The molecule has 3 rings (SSSR count). The molecule has 0 aliphatic heterocycles. The fourth-order valence-electron chi connectivity index (χ4n) is 2.73. The van der Waals surface area contributed by atoms with Crippen LogP contribution in [-0.4, -0.2) is 32.7 Å². The van der Waals surface area contributed by atoms with Crippen molar-refractivity contribution in [1.29, 1.82) is 0 Å². The number of carbonyl (C=O) groups is 1. The third kappa shape index (κ3) is 5.14. The van der Waals surface area contributed by atoms with Crippen molar-refractivity contribution in [3.63, 3.8) is 0 Å². The summed E-state index contributed by atoms with van der Waals surface area (Å²) in [4.78, 5) is 13.3. The van der Waals surface area contributed by atoms with Crippen LogP contribution in [-0.2, 0) is 10.3 Å². The lowest BCUT2D eigenvalue weighted by Gasteiger charge is -2.22. The van der Waals surface area contributed by atoms with E-state index in [1.54, 1.807) is 4.68 Å². The highest BCUT2D eigenvalue weighted by molar-refractivity contribution is 8.00. The number of ether oxygens (including phenoxy) is 1. The van der Waals surface area contributed by atoms with E-state index in [-0.39, 0.29) is 11.4 Å². The Hall–Kier alpha value is -2.87. The second kappa shape index (κ2) is 9.09. The van der Waals surface area contributed by atoms with Crippen molar-refractivity contribution in [2.45, 2.75) is 43.6 Å². The van der Waals surface area contributed by atoms with E-state index in [4.69, 9.17) is 4.74 Å². The summed E-state index contributed by atoms with van der Waals surface area (Å²) in [6, 6.07) is 17.0. The van der Waals surface area contributed by atoms with Gasteiger partial charge in [-0.15, -0.1) is 5.10 Å². The van der Waals surface area contributed by atoms with E-state index < -0.39 is 5.25 Å². The van der Waals surface area contributed by atoms with Gasteiger partial charge >= 0.3 is 0 Å². The van der Waals surface area contributed by atoms with Gasteiger partial charge in [0, 0.05) is 0 Å². The Labute approximate surface area is 174 Å². The maximum atomic E-state index is 13.3. The average molecular weight is 412 g/mol. The molecule has 0 aliphatic rings. The number of amides is 1. The highest BCUT2D eigenvalue weighted by Crippen LogP contribution is 2.37. The van der Waals surface area contributed by atoms with E-state index in [1.165, 1.54) is 11.8 Å². The Balaban J connectivity index is 1.91. The van der Waals surface area contributed by atoms with Gasteiger partial charge in [-0.3, -0.25) is 4.79 Å². The van der Waals surface area contributed by atoms with Crippen LogP contribution in [0, 0.1) is 0 Å². The minimum absolute atomic E-state index is 0.170. The summed E-state index contributed by atoms with van der Waals surface area (Å²) in [6.45, 7) is 8.48. The van der Waals surface area contributed by atoms with Crippen LogP contribution in [0.5, 0.6) is 5.75 Å². The lowest BCUT2D eigenvalue weighted by molar-refractivity contribution is -0.115. The first-order valence-corrected chi connectivity index (χ1v) is 10.3. The summed E-state index contributed by atoms with van der Waals surface area (Å²) in [7, 11) is 0. The molecule has 8 heteroatoms. The number of benzene rings is 2. The second-order valence-electron chi connectivity index (χ2n) is 7.37. The van der Waals surface area contributed by atoms with Gasteiger partial charge < -0.3 is 10.1 Å². The number of anilines is 1. The molecule has 2 aromatic carbocycles. The van der Waals surface area contributed by atoms with E-state index in [9.17, 15) is 4.79 Å². The molecule has 152 valence electrons. The van der Waals surface area contributed by atoms with Crippen molar-refractivity contribution in [3.05, 3.63) is 60.2 Å². The molecule has 0 spiro atoms. The Morgan fingerprint density at radius 2 is 1.83 bits per heavy atom. The third-order valence-electron chi connectivity index (χ3n) is 4.08. The van der Waals surface area contributed by atoms with Gasteiger partial charge in [-0.05, 0) is 55.8 Å². The lowest BCUT2D eigenvalue weighted by Crippen LogP contribution is -2.25. The number of hydrogen-bond acceptors (Lipinski definition) is 6. The van der Waals surface area contributed by atoms with E-state index >= 15 is 0 Å². The minimum Gasteiger partial charge on any atom is -0.492 e. The maximum Gasteiger partial charge on any atom is 0.242 e. The first-order valence-electron chi connectivity index (χ1n) is 9.43. The van der Waals surface area contributed by atoms with Gasteiger partial charge in [0.25, 0.3) is 0 Å². The van der Waals surface area contributed by atoms with Gasteiger partial charge in [0.1, 0.15) is 11.0 Å². The van der Waals surface area contributed by atoms with Gasteiger partial charge in [-0.1, -0.05) is 54.2 Å². The summed E-state index contributed by atoms with van der Waals surface area (Å²) in [5.74, 6) is 0.469. The molecule has 1 atom stereocenters. The molecule has 0 bridgehead atoms. The van der Waals surface area contributed by atoms with Crippen molar-refractivity contribution < 1.29 is 9.53 Å². The number of aromatic nitrogens is 4. The number of carbonyl (C=O) groups excluding carboxylic acids is 1. The largest absolute Gasteiger partial charge is 0.492 e. The molecule has 29 heavy (non-hydrogen) atoms. The number of rotatable bonds is 7. The van der Waals surface area contributed by atoms with Crippen LogP contribution in [0.2, 0.25) is 0 Å². The van der Waals surface area contributed by atoms with Gasteiger partial charge in [0.05, 0.1) is 17.8 Å². The number of para-hydroxylation sites is 2. The molecule has 0 saturated carbocycles. The van der Waals surface area contributed by atoms with Crippen LogP contribution in [0.4, 0.5) is 5.69 Å². The van der Waals surface area contributed by atoms with Crippen LogP contribution in [0.25, 0.3) is 0 Å². The summed E-state index contributed by atoms with van der Waals surface area (Å²) >= 11 is 1.32. The van der Waals surface area contributed by atoms with Crippen LogP contribution in [0.3, 0.4) is 0 Å². The van der Waals surface area contributed by atoms with Crippen LogP contribution < -0.4 is 10.1 Å². The zero-order valence-electron chi connectivity index (χ0n) is 17.0. The maximum absolute atomic E-state index is 13.3. The molecular formula is C21H25N5O2S. The number of nitrogens with one attached hydrogen (secondary N) is 1. The number of nitrogens with zero attached hydrogens (tertiary/aromatic N) is 4. The SMILES string of the molecule is CCOc1ccccc1NC(=O)C(Sc1nnnn1C(C)(C)C)c1ccccc1. The average Bonchev–Trinajstić information content (AvgIpc) is 3.17. The smallest absolute Gasteiger partial charge is 0.242 e. The monoisotopic (exact) mass is 411 g/mol. The van der Waals surface area contributed by atoms with Crippen molar-refractivity contribution in [3.8, 4) is 5.75 Å². The molecule has 3 aromatic rings. The molecule has 1 heterocycles. The van der Waals surface area contributed by atoms with Gasteiger partial charge in [0.15, 0.2) is 0 Å². The number of hydrogen-bond donors (Lipinski definition) is 1. The summed E-state index contributed by atoms with van der Waals surface area (Å²) < 4.78 is 7.37. The quantitative estimate of drug-likeness (QED) is 0.584. The first kappa shape index (κ1) is 20.9. The number of tetrazole rings is 1. The Morgan fingerprint density at radius 1 is 1.14 bits per heavy atom. The van der Waals surface area contributed by atoms with Crippen LogP contribution in [0.15, 0.2) is 59.8 Å². The molecule has 1 unspecified atom stereocenters. The summed E-state index contributed by atoms with van der Waals surface area (Å²) in [6.07, 6.45) is 0. The van der Waals surface area contributed by atoms with Crippen LogP contribution >= 0.6 is 11.8 Å². The molecular weight excluding hydrogens is 386 g/mol. The van der Waals surface area contributed by atoms with Crippen LogP contribution in [0.1, 0.15) is 38.5 Å². The first-order chi connectivity index (χ1) is 13.9. The predicted molar refractivity (Wildman–Crippen MR) is 114 cm³/mol. The van der Waals surface area contributed by atoms with Gasteiger partial charge in [-0.2, -0.15) is 0 Å². The summed E-state index contributed by atoms with van der Waals surface area (Å²) in [5.41, 5.74) is 1.20. The molecule has 1 N–H and O–H groups in total. The lowest BCUT2D eigenvalue weighted by atomic mass is 10.1. The van der Waals surface area contributed by atoms with Crippen molar-refractivity contribution >= 4 is 23.4 Å². The molecule has 0 aliphatic carbocycles. The highest BCUT2D eigenvalue weighted by Gasteiger charge is 2.28. The number of thioether (sulfide) groups is 1. The van der Waals surface area contributed by atoms with Gasteiger partial charge in [0.2, 0.25) is 11.1 Å². The van der Waals surface area contributed by atoms with E-state index in [0.717, 1.165) is 5.56 Å². The van der Waals surface area contributed by atoms with Crippen molar-refractivity contribution in [2.75, 3.05) is 11.9 Å². The Bertz CT molecular complexity index is 953. The van der Waals surface area contributed by atoms with Crippen molar-refractivity contribution in [1.82, 2.24) is 20.2 Å². The Kier molecular flexibility index (Phi) is 6.53. The predicted octanol–water partition coefficient (Wildman–Crippen LogP) is 4.30. The molecule has 0 fully saturated rings. The molecule has 0 saturated heterocycles. The van der Waals surface area contributed by atoms with E-state index in [0.29, 0.717) is 23.2 Å². The zero-order chi connectivity index (χ0) is 20.9. The fourth-order valence-corrected chi connectivity index (χ4v) is 3.89. The van der Waals surface area contributed by atoms with E-state index in [2.05, 4.69) is 20.8 Å². The Morgan fingerprint density at radius 3 is 2.52 bits per heavy atom. The topological polar surface area (TPSA) is 81.9 Å². The normalized spacial score (nSPS) is 12.4. The molecule has 1 amide bonds. The summed E-state index contributed by atoms with van der Waals surface area (Å²) in [5, 5.41) is 15.1. The van der Waals surface area contributed by atoms with Crippen molar-refractivity contribution in [2.24, 2.45) is 0 Å². The highest BCUT2D eigenvalue weighted by atomic mass is 32.2. The van der Waals surface area contributed by atoms with E-state index in [1.807, 2.05) is 82.3 Å². The molecule has 7 nitrogen and oxygen atoms in total. The zero-order valence-corrected chi connectivity index (χ0v) is 17.8. The molecule has 0 radical (unpaired) electrons. The standard InChI is InChI=1S/C21H25N5O2S/c1-5-28-17-14-10-9-13-16(17)22-19(27)18(15-11-7-6-8-12-15)29-20-23-24-25-26(20)21(2,3)4/h6-14,18H,5H2,1-4H3,(H,22,27). The minimum atomic E-state index is -0.530. The fraction of sp³-hybridized carbons (Fsp3) is 0.333. The molecule has 1 aromatic heterocycles. The third-order valence-corrected chi connectivity index (χ3v) is 5.27. The second-order valence-corrected chi connectivity index (χ2v) is 8.44.